The number of benzene rings is 4. The van der Waals surface area contributed by atoms with E-state index in [2.05, 4.69) is 53.8 Å². The van der Waals surface area contributed by atoms with Gasteiger partial charge in [0, 0.05) is 18.4 Å². The SMILES string of the molecule is O=C(O)NCC1c2ccccc2-c2ccccc21.O=COCC1c2ccccc2-c2ccccc21. The molecule has 0 unspecified atom stereocenters. The molecule has 2 aliphatic rings. The number of fused-ring (bicyclic) bond motifs is 6. The average Bonchev–Trinajstić information content (AvgIpc) is 3.39. The Labute approximate surface area is 204 Å². The van der Waals surface area contributed by atoms with Crippen LogP contribution in [-0.4, -0.2) is 30.8 Å². The van der Waals surface area contributed by atoms with Crippen LogP contribution in [0.1, 0.15) is 34.1 Å². The number of rotatable bonds is 5. The fraction of sp³-hybridized carbons (Fsp3) is 0.133. The summed E-state index contributed by atoms with van der Waals surface area (Å²) in [6.45, 7) is 1.35. The standard InChI is InChI=1S/C15H13NO2.C15H12O2/c17-15(18)16-9-14-12-7-3-1-5-10(12)11-6-2-4-8-13(11)14;16-10-17-9-15-13-7-3-1-5-11(13)12-6-2-4-8-14(12)15/h1-8,14,16H,9H2,(H,17,18);1-8,10,15H,9H2. The van der Waals surface area contributed by atoms with Crippen molar-refractivity contribution < 1.29 is 19.4 Å². The van der Waals surface area contributed by atoms with Gasteiger partial charge in [-0.25, -0.2) is 4.79 Å². The highest BCUT2D eigenvalue weighted by Gasteiger charge is 2.29. The zero-order chi connectivity index (χ0) is 24.2. The van der Waals surface area contributed by atoms with Crippen LogP contribution < -0.4 is 5.32 Å². The first-order valence-electron chi connectivity index (χ1n) is 11.6. The van der Waals surface area contributed by atoms with E-state index in [4.69, 9.17) is 9.84 Å². The number of carbonyl (C=O) groups is 2. The monoisotopic (exact) mass is 463 g/mol. The van der Waals surface area contributed by atoms with E-state index in [1.54, 1.807) is 0 Å². The number of hydrogen-bond donors (Lipinski definition) is 2. The summed E-state index contributed by atoms with van der Waals surface area (Å²) >= 11 is 0. The van der Waals surface area contributed by atoms with Crippen LogP contribution in [0.2, 0.25) is 0 Å². The van der Waals surface area contributed by atoms with Crippen molar-refractivity contribution in [3.63, 3.8) is 0 Å². The summed E-state index contributed by atoms with van der Waals surface area (Å²) in [4.78, 5) is 21.0. The van der Waals surface area contributed by atoms with Crippen molar-refractivity contribution in [3.05, 3.63) is 119 Å². The number of hydrogen-bond acceptors (Lipinski definition) is 3. The summed E-state index contributed by atoms with van der Waals surface area (Å²) in [7, 11) is 0. The lowest BCUT2D eigenvalue weighted by atomic mass is 9.97. The molecule has 6 rings (SSSR count). The van der Waals surface area contributed by atoms with Crippen molar-refractivity contribution in [1.82, 2.24) is 5.32 Å². The van der Waals surface area contributed by atoms with Gasteiger partial charge >= 0.3 is 6.09 Å². The van der Waals surface area contributed by atoms with Crippen molar-refractivity contribution in [1.29, 1.82) is 0 Å². The third-order valence-electron chi connectivity index (χ3n) is 6.71. The fourth-order valence-corrected chi connectivity index (χ4v) is 5.24. The van der Waals surface area contributed by atoms with Crippen LogP contribution in [0.5, 0.6) is 0 Å². The zero-order valence-electron chi connectivity index (χ0n) is 19.1. The first-order chi connectivity index (χ1) is 17.2. The molecule has 0 fully saturated rings. The highest BCUT2D eigenvalue weighted by atomic mass is 16.5. The molecule has 0 saturated carbocycles. The molecular weight excluding hydrogens is 438 g/mol. The third-order valence-corrected chi connectivity index (χ3v) is 6.71. The molecule has 0 radical (unpaired) electrons. The van der Waals surface area contributed by atoms with Gasteiger partial charge in [0.2, 0.25) is 0 Å². The highest BCUT2D eigenvalue weighted by Crippen LogP contribution is 2.45. The lowest BCUT2D eigenvalue weighted by Gasteiger charge is -2.12. The van der Waals surface area contributed by atoms with Gasteiger partial charge in [-0.05, 0) is 44.5 Å². The predicted molar refractivity (Wildman–Crippen MR) is 135 cm³/mol. The Hall–Kier alpha value is -4.38. The predicted octanol–water partition coefficient (Wildman–Crippen LogP) is 6.04. The van der Waals surface area contributed by atoms with Gasteiger partial charge in [-0.15, -0.1) is 0 Å². The summed E-state index contributed by atoms with van der Waals surface area (Å²) in [5, 5.41) is 11.2. The molecule has 1 amide bonds. The van der Waals surface area contributed by atoms with E-state index < -0.39 is 6.09 Å². The van der Waals surface area contributed by atoms with Gasteiger partial charge in [0.25, 0.3) is 6.47 Å². The number of nitrogens with one attached hydrogen (secondary N) is 1. The Morgan fingerprint density at radius 3 is 1.43 bits per heavy atom. The number of ether oxygens (including phenoxy) is 1. The lowest BCUT2D eigenvalue weighted by molar-refractivity contribution is -0.128. The van der Waals surface area contributed by atoms with E-state index >= 15 is 0 Å². The van der Waals surface area contributed by atoms with Gasteiger partial charge in [0.15, 0.2) is 0 Å². The van der Waals surface area contributed by atoms with Gasteiger partial charge in [0.05, 0.1) is 0 Å². The van der Waals surface area contributed by atoms with Crippen LogP contribution in [0, 0.1) is 0 Å². The van der Waals surface area contributed by atoms with Crippen LogP contribution in [0.3, 0.4) is 0 Å². The molecule has 0 atom stereocenters. The molecule has 0 aromatic heterocycles. The maximum absolute atomic E-state index is 10.7. The minimum absolute atomic E-state index is 0.119. The molecule has 0 bridgehead atoms. The van der Waals surface area contributed by atoms with E-state index in [9.17, 15) is 9.59 Å². The van der Waals surface area contributed by atoms with Crippen LogP contribution in [-0.2, 0) is 9.53 Å². The molecule has 0 spiro atoms. The third kappa shape index (κ3) is 4.28. The van der Waals surface area contributed by atoms with Crippen molar-refractivity contribution in [2.24, 2.45) is 0 Å². The molecular formula is C30H25NO4. The Morgan fingerprint density at radius 2 is 1.06 bits per heavy atom. The second kappa shape index (κ2) is 9.85. The minimum atomic E-state index is -0.975. The number of carboxylic acid groups (broad SMARTS) is 1. The smallest absolute Gasteiger partial charge is 0.404 e. The molecule has 4 aromatic rings. The second-order valence-electron chi connectivity index (χ2n) is 8.57. The van der Waals surface area contributed by atoms with Crippen molar-refractivity contribution in [2.75, 3.05) is 13.2 Å². The Morgan fingerprint density at radius 1 is 0.686 bits per heavy atom. The summed E-state index contributed by atoms with van der Waals surface area (Å²) in [6, 6.07) is 32.9. The normalized spacial score (nSPS) is 12.9. The molecule has 0 heterocycles. The zero-order valence-corrected chi connectivity index (χ0v) is 19.1. The van der Waals surface area contributed by atoms with E-state index in [1.807, 2.05) is 48.5 Å². The average molecular weight is 464 g/mol. The van der Waals surface area contributed by atoms with Gasteiger partial charge in [-0.1, -0.05) is 97.1 Å². The van der Waals surface area contributed by atoms with E-state index in [1.165, 1.54) is 44.5 Å². The molecule has 0 aliphatic heterocycles. The quantitative estimate of drug-likeness (QED) is 0.354. The number of carbonyl (C=O) groups excluding carboxylic acids is 1. The van der Waals surface area contributed by atoms with E-state index in [0.29, 0.717) is 19.6 Å². The van der Waals surface area contributed by atoms with Crippen LogP contribution >= 0.6 is 0 Å². The molecule has 174 valence electrons. The maximum Gasteiger partial charge on any atom is 0.404 e. The molecule has 5 heteroatoms. The first-order valence-corrected chi connectivity index (χ1v) is 11.6. The van der Waals surface area contributed by atoms with Gasteiger partial charge in [-0.3, -0.25) is 4.79 Å². The Kier molecular flexibility index (Phi) is 6.31. The maximum atomic E-state index is 10.7. The molecule has 2 N–H and O–H groups in total. The van der Waals surface area contributed by atoms with Gasteiger partial charge in [0.1, 0.15) is 6.61 Å². The largest absolute Gasteiger partial charge is 0.467 e. The van der Waals surface area contributed by atoms with Crippen molar-refractivity contribution >= 4 is 12.6 Å². The molecule has 35 heavy (non-hydrogen) atoms. The Balaban J connectivity index is 0.000000145. The summed E-state index contributed by atoms with van der Waals surface area (Å²) in [5.74, 6) is 0.293. The number of amides is 1. The minimum Gasteiger partial charge on any atom is -0.467 e. The van der Waals surface area contributed by atoms with Crippen LogP contribution in [0.4, 0.5) is 4.79 Å². The van der Waals surface area contributed by atoms with Crippen LogP contribution in [0.25, 0.3) is 22.3 Å². The second-order valence-corrected chi connectivity index (χ2v) is 8.57. The summed E-state index contributed by atoms with van der Waals surface area (Å²) < 4.78 is 4.95. The van der Waals surface area contributed by atoms with Crippen molar-refractivity contribution in [2.45, 2.75) is 11.8 Å². The Bertz CT molecular complexity index is 1290. The summed E-state index contributed by atoms with van der Waals surface area (Å²) in [5.41, 5.74) is 9.83. The van der Waals surface area contributed by atoms with Gasteiger partial charge < -0.3 is 15.2 Å². The topological polar surface area (TPSA) is 75.6 Å². The molecule has 4 aromatic carbocycles. The first kappa shape index (κ1) is 22.4. The van der Waals surface area contributed by atoms with Gasteiger partial charge in [-0.2, -0.15) is 0 Å². The molecule has 0 saturated heterocycles. The van der Waals surface area contributed by atoms with E-state index in [0.717, 1.165) is 0 Å². The molecule has 2 aliphatic carbocycles. The van der Waals surface area contributed by atoms with Crippen LogP contribution in [0.15, 0.2) is 97.1 Å². The highest BCUT2D eigenvalue weighted by molar-refractivity contribution is 5.80. The summed E-state index contributed by atoms with van der Waals surface area (Å²) in [6.07, 6.45) is -0.975. The molecule has 5 nitrogen and oxygen atoms in total. The lowest BCUT2D eigenvalue weighted by Crippen LogP contribution is -2.26. The van der Waals surface area contributed by atoms with Crippen molar-refractivity contribution in [3.8, 4) is 22.3 Å². The van der Waals surface area contributed by atoms with E-state index in [-0.39, 0.29) is 11.8 Å². The fourth-order valence-electron chi connectivity index (χ4n) is 5.24.